The van der Waals surface area contributed by atoms with Gasteiger partial charge in [-0.15, -0.1) is 24.5 Å². The van der Waals surface area contributed by atoms with Crippen molar-refractivity contribution in [3.05, 3.63) is 70.7 Å². The first-order chi connectivity index (χ1) is 13.4. The predicted molar refractivity (Wildman–Crippen MR) is 102 cm³/mol. The van der Waals surface area contributed by atoms with Crippen molar-refractivity contribution >= 4 is 22.7 Å². The molecule has 1 aromatic heterocycles. The Morgan fingerprint density at radius 3 is 2.57 bits per heavy atom. The summed E-state index contributed by atoms with van der Waals surface area (Å²) in [6.07, 6.45) is -3.04. The molecule has 0 saturated heterocycles. The molecule has 1 heterocycles. The van der Waals surface area contributed by atoms with Crippen molar-refractivity contribution < 1.29 is 22.6 Å². The van der Waals surface area contributed by atoms with Gasteiger partial charge in [0.05, 0.1) is 11.9 Å². The summed E-state index contributed by atoms with van der Waals surface area (Å²) in [6.45, 7) is 2.17. The fourth-order valence-corrected chi connectivity index (χ4v) is 2.87. The molecule has 0 radical (unpaired) electrons. The first-order valence-electron chi connectivity index (χ1n) is 8.16. The molecular formula is C19H16F3N3O2S. The molecule has 0 aliphatic carbocycles. The number of aryl methyl sites for hydroxylation is 1. The number of hydrazone groups is 1. The highest BCUT2D eigenvalue weighted by atomic mass is 32.1. The number of anilines is 1. The smallest absolute Gasteiger partial charge is 0.489 e. The topological polar surface area (TPSA) is 55.7 Å². The number of ether oxygens (including phenoxy) is 2. The van der Waals surface area contributed by atoms with E-state index in [-0.39, 0.29) is 12.4 Å². The Hall–Kier alpha value is -3.07. The highest BCUT2D eigenvalue weighted by Crippen LogP contribution is 2.25. The Balaban J connectivity index is 1.54. The van der Waals surface area contributed by atoms with Gasteiger partial charge in [0.2, 0.25) is 5.13 Å². The van der Waals surface area contributed by atoms with E-state index in [1.807, 2.05) is 36.6 Å². The largest absolute Gasteiger partial charge is 0.573 e. The third-order valence-electron chi connectivity index (χ3n) is 3.41. The van der Waals surface area contributed by atoms with E-state index in [0.717, 1.165) is 16.8 Å². The molecule has 28 heavy (non-hydrogen) atoms. The molecule has 0 saturated carbocycles. The molecule has 9 heteroatoms. The summed E-state index contributed by atoms with van der Waals surface area (Å²) >= 11 is 1.47. The molecule has 146 valence electrons. The van der Waals surface area contributed by atoms with E-state index in [0.29, 0.717) is 10.9 Å². The van der Waals surface area contributed by atoms with Gasteiger partial charge in [0.1, 0.15) is 18.1 Å². The van der Waals surface area contributed by atoms with Crippen LogP contribution in [-0.2, 0) is 6.61 Å². The van der Waals surface area contributed by atoms with Crippen LogP contribution in [0.5, 0.6) is 11.5 Å². The van der Waals surface area contributed by atoms with E-state index in [2.05, 4.69) is 20.2 Å². The molecule has 0 bridgehead atoms. The van der Waals surface area contributed by atoms with Gasteiger partial charge in [-0.2, -0.15) is 5.10 Å². The van der Waals surface area contributed by atoms with Gasteiger partial charge in [0, 0.05) is 5.38 Å². The van der Waals surface area contributed by atoms with Crippen LogP contribution >= 0.6 is 11.3 Å². The van der Waals surface area contributed by atoms with Crippen LogP contribution in [0.2, 0.25) is 0 Å². The highest BCUT2D eigenvalue weighted by molar-refractivity contribution is 7.13. The summed E-state index contributed by atoms with van der Waals surface area (Å²) in [5.74, 6) is 0.149. The summed E-state index contributed by atoms with van der Waals surface area (Å²) in [4.78, 5) is 4.25. The van der Waals surface area contributed by atoms with E-state index in [4.69, 9.17) is 4.74 Å². The fourth-order valence-electron chi connectivity index (χ4n) is 2.23. The lowest BCUT2D eigenvalue weighted by atomic mass is 10.1. The van der Waals surface area contributed by atoms with Crippen molar-refractivity contribution in [3.63, 3.8) is 0 Å². The van der Waals surface area contributed by atoms with Gasteiger partial charge in [-0.25, -0.2) is 4.98 Å². The minimum absolute atomic E-state index is 0.264. The maximum atomic E-state index is 12.2. The van der Waals surface area contributed by atoms with Crippen LogP contribution in [0.3, 0.4) is 0 Å². The summed E-state index contributed by atoms with van der Waals surface area (Å²) < 4.78 is 45.9. The molecule has 3 aromatic rings. The van der Waals surface area contributed by atoms with Gasteiger partial charge in [-0.05, 0) is 48.4 Å². The van der Waals surface area contributed by atoms with Crippen molar-refractivity contribution in [1.29, 1.82) is 0 Å². The molecule has 3 rings (SSSR count). The van der Waals surface area contributed by atoms with Gasteiger partial charge in [-0.1, -0.05) is 18.2 Å². The second-order valence-electron chi connectivity index (χ2n) is 5.72. The number of benzene rings is 2. The summed E-state index contributed by atoms with van der Waals surface area (Å²) in [6, 6.07) is 12.8. The number of nitrogens with one attached hydrogen (secondary N) is 1. The van der Waals surface area contributed by atoms with Crippen LogP contribution in [0.4, 0.5) is 18.3 Å². The molecule has 0 unspecified atom stereocenters. The predicted octanol–water partition coefficient (Wildman–Crippen LogP) is 5.38. The van der Waals surface area contributed by atoms with Gasteiger partial charge in [-0.3, -0.25) is 5.43 Å². The maximum Gasteiger partial charge on any atom is 0.573 e. The fraction of sp³-hybridized carbons (Fsp3) is 0.158. The Morgan fingerprint density at radius 2 is 1.89 bits per heavy atom. The molecule has 5 nitrogen and oxygen atoms in total. The van der Waals surface area contributed by atoms with Crippen LogP contribution in [0.25, 0.3) is 0 Å². The maximum absolute atomic E-state index is 12.2. The van der Waals surface area contributed by atoms with Crippen molar-refractivity contribution in [2.45, 2.75) is 19.9 Å². The number of alkyl halides is 3. The highest BCUT2D eigenvalue weighted by Gasteiger charge is 2.30. The molecule has 0 aliphatic heterocycles. The average Bonchev–Trinajstić information content (AvgIpc) is 3.05. The zero-order valence-corrected chi connectivity index (χ0v) is 15.6. The molecule has 0 amide bonds. The van der Waals surface area contributed by atoms with E-state index >= 15 is 0 Å². The SMILES string of the molecule is Cc1csc(NN=Cc2cccc(COc3ccc(OC(F)(F)F)cc3)c2)n1. The molecule has 0 spiro atoms. The first-order valence-corrected chi connectivity index (χ1v) is 9.04. The van der Waals surface area contributed by atoms with E-state index in [9.17, 15) is 13.2 Å². The van der Waals surface area contributed by atoms with Crippen molar-refractivity contribution in [3.8, 4) is 11.5 Å². The monoisotopic (exact) mass is 407 g/mol. The lowest BCUT2D eigenvalue weighted by Crippen LogP contribution is -2.16. The van der Waals surface area contributed by atoms with Crippen LogP contribution in [0, 0.1) is 6.92 Å². The molecule has 2 aromatic carbocycles. The van der Waals surface area contributed by atoms with Crippen LogP contribution < -0.4 is 14.9 Å². The zero-order valence-electron chi connectivity index (χ0n) is 14.7. The summed E-state index contributed by atoms with van der Waals surface area (Å²) in [5, 5.41) is 6.79. The van der Waals surface area contributed by atoms with Crippen LogP contribution in [-0.4, -0.2) is 17.6 Å². The lowest BCUT2D eigenvalue weighted by molar-refractivity contribution is -0.274. The lowest BCUT2D eigenvalue weighted by Gasteiger charge is -2.10. The standard InChI is InChI=1S/C19H16F3N3O2S/c1-13-12-28-18(24-13)25-23-10-14-3-2-4-15(9-14)11-26-16-5-7-17(8-6-16)27-19(20,21)22/h2-10,12H,11H2,1H3,(H,24,25). The van der Waals surface area contributed by atoms with Crippen LogP contribution in [0.15, 0.2) is 59.0 Å². The minimum atomic E-state index is -4.71. The van der Waals surface area contributed by atoms with Crippen LogP contribution in [0.1, 0.15) is 16.8 Å². The summed E-state index contributed by atoms with van der Waals surface area (Å²) in [5.41, 5.74) is 5.56. The van der Waals surface area contributed by atoms with E-state index < -0.39 is 6.36 Å². The third-order valence-corrected chi connectivity index (χ3v) is 4.27. The normalized spacial score (nSPS) is 11.6. The van der Waals surface area contributed by atoms with E-state index in [1.54, 1.807) is 6.21 Å². The second-order valence-corrected chi connectivity index (χ2v) is 6.58. The number of hydrogen-bond acceptors (Lipinski definition) is 6. The molecule has 0 aliphatic rings. The van der Waals surface area contributed by atoms with E-state index in [1.165, 1.54) is 35.6 Å². The number of halogens is 3. The van der Waals surface area contributed by atoms with Gasteiger partial charge >= 0.3 is 6.36 Å². The van der Waals surface area contributed by atoms with Crippen molar-refractivity contribution in [2.75, 3.05) is 5.43 Å². The quantitative estimate of drug-likeness (QED) is 0.422. The zero-order chi connectivity index (χ0) is 20.0. The Morgan fingerprint density at radius 1 is 1.14 bits per heavy atom. The van der Waals surface area contributed by atoms with Gasteiger partial charge in [0.25, 0.3) is 0 Å². The average molecular weight is 407 g/mol. The number of aromatic nitrogens is 1. The van der Waals surface area contributed by atoms with Gasteiger partial charge in [0.15, 0.2) is 0 Å². The molecule has 1 N–H and O–H groups in total. The number of thiazole rings is 1. The molecule has 0 fully saturated rings. The molecule has 0 atom stereocenters. The number of hydrogen-bond donors (Lipinski definition) is 1. The molecular weight excluding hydrogens is 391 g/mol. The number of nitrogens with zero attached hydrogens (tertiary/aromatic N) is 2. The van der Waals surface area contributed by atoms with Crippen molar-refractivity contribution in [1.82, 2.24) is 4.98 Å². The van der Waals surface area contributed by atoms with Gasteiger partial charge < -0.3 is 9.47 Å². The van der Waals surface area contributed by atoms with Crippen molar-refractivity contribution in [2.24, 2.45) is 5.10 Å². The Labute approximate surface area is 163 Å². The Kier molecular flexibility index (Phi) is 6.15. The second kappa shape index (κ2) is 8.75. The third kappa shape index (κ3) is 6.27. The minimum Gasteiger partial charge on any atom is -0.489 e. The Bertz CT molecular complexity index is 940. The summed E-state index contributed by atoms with van der Waals surface area (Å²) in [7, 11) is 0. The number of rotatable bonds is 7. The first kappa shape index (κ1) is 19.7.